The maximum Gasteiger partial charge on any atom is 0.407 e. The molecule has 0 saturated heterocycles. The van der Waals surface area contributed by atoms with Crippen LogP contribution in [0.4, 0.5) is 4.79 Å². The van der Waals surface area contributed by atoms with Gasteiger partial charge in [0, 0.05) is 13.1 Å². The van der Waals surface area contributed by atoms with Gasteiger partial charge in [0.05, 0.1) is 0 Å². The van der Waals surface area contributed by atoms with Gasteiger partial charge in [0.2, 0.25) is 5.91 Å². The van der Waals surface area contributed by atoms with Crippen molar-refractivity contribution in [2.24, 2.45) is 0 Å². The van der Waals surface area contributed by atoms with E-state index in [0.29, 0.717) is 13.1 Å². The Kier molecular flexibility index (Phi) is 6.79. The highest BCUT2D eigenvalue weighted by molar-refractivity contribution is 5.87. The summed E-state index contributed by atoms with van der Waals surface area (Å²) in [6, 6.07) is 9.42. The van der Waals surface area contributed by atoms with Crippen molar-refractivity contribution >= 4 is 12.0 Å². The van der Waals surface area contributed by atoms with Crippen LogP contribution in [-0.2, 0) is 16.1 Å². The van der Waals surface area contributed by atoms with Gasteiger partial charge in [-0.05, 0) is 18.6 Å². The van der Waals surface area contributed by atoms with E-state index in [1.165, 1.54) is 6.08 Å². The number of allylic oxidation sites excluding steroid dienone is 1. The summed E-state index contributed by atoms with van der Waals surface area (Å²) in [6.45, 7) is 2.69. The lowest BCUT2D eigenvalue weighted by atomic mass is 10.2. The molecule has 0 atom stereocenters. The summed E-state index contributed by atoms with van der Waals surface area (Å²) >= 11 is 0. The molecule has 0 fully saturated rings. The number of rotatable bonds is 6. The molecule has 2 amide bonds. The maximum atomic E-state index is 11.3. The average molecular weight is 262 g/mol. The zero-order valence-corrected chi connectivity index (χ0v) is 10.9. The number of ether oxygens (including phenoxy) is 1. The molecule has 0 aliphatic carbocycles. The monoisotopic (exact) mass is 262 g/mol. The van der Waals surface area contributed by atoms with Gasteiger partial charge in [-0.1, -0.05) is 36.4 Å². The van der Waals surface area contributed by atoms with Crippen molar-refractivity contribution in [3.8, 4) is 0 Å². The van der Waals surface area contributed by atoms with Crippen molar-refractivity contribution in [2.45, 2.75) is 13.5 Å². The van der Waals surface area contributed by atoms with Crippen LogP contribution in [0.15, 0.2) is 42.5 Å². The first-order valence-electron chi connectivity index (χ1n) is 6.07. The summed E-state index contributed by atoms with van der Waals surface area (Å²) in [6.07, 6.45) is 2.58. The van der Waals surface area contributed by atoms with E-state index in [1.54, 1.807) is 13.0 Å². The Labute approximate surface area is 112 Å². The van der Waals surface area contributed by atoms with Gasteiger partial charge >= 0.3 is 6.09 Å². The number of amides is 2. The van der Waals surface area contributed by atoms with E-state index in [9.17, 15) is 9.59 Å². The van der Waals surface area contributed by atoms with Gasteiger partial charge in [-0.2, -0.15) is 0 Å². The van der Waals surface area contributed by atoms with Crippen molar-refractivity contribution in [3.05, 3.63) is 48.0 Å². The lowest BCUT2D eigenvalue weighted by Crippen LogP contribution is -2.34. The van der Waals surface area contributed by atoms with Gasteiger partial charge in [-0.25, -0.2) is 4.79 Å². The van der Waals surface area contributed by atoms with Gasteiger partial charge in [0.25, 0.3) is 0 Å². The number of nitrogens with one attached hydrogen (secondary N) is 2. The summed E-state index contributed by atoms with van der Waals surface area (Å²) in [5, 5.41) is 5.17. The van der Waals surface area contributed by atoms with E-state index in [1.807, 2.05) is 30.3 Å². The normalized spacial score (nSPS) is 10.2. The second-order valence-corrected chi connectivity index (χ2v) is 3.78. The fraction of sp³-hybridized carbons (Fsp3) is 0.286. The van der Waals surface area contributed by atoms with Crippen molar-refractivity contribution < 1.29 is 14.3 Å². The largest absolute Gasteiger partial charge is 0.445 e. The Bertz CT molecular complexity index is 430. The molecule has 5 nitrogen and oxygen atoms in total. The quantitative estimate of drug-likeness (QED) is 0.604. The predicted molar refractivity (Wildman–Crippen MR) is 72.5 cm³/mol. The zero-order valence-electron chi connectivity index (χ0n) is 10.9. The Balaban J connectivity index is 2.10. The maximum absolute atomic E-state index is 11.3. The molecule has 0 aliphatic heterocycles. The molecule has 19 heavy (non-hydrogen) atoms. The van der Waals surface area contributed by atoms with Gasteiger partial charge in [0.15, 0.2) is 0 Å². The highest BCUT2D eigenvalue weighted by atomic mass is 16.5. The molecule has 5 heteroatoms. The lowest BCUT2D eigenvalue weighted by Gasteiger charge is -2.07. The molecule has 102 valence electrons. The van der Waals surface area contributed by atoms with Crippen LogP contribution < -0.4 is 10.6 Å². The number of carbonyl (C=O) groups excluding carboxylic acids is 2. The first-order chi connectivity index (χ1) is 9.22. The Hall–Kier alpha value is -2.30. The standard InChI is InChI=1S/C14H18N2O3/c1-2-6-13(17)15-9-10-16-14(18)19-11-12-7-4-3-5-8-12/h2-8H,9-11H2,1H3,(H,15,17)(H,16,18)/b6-2+. The van der Waals surface area contributed by atoms with Gasteiger partial charge in [-0.15, -0.1) is 0 Å². The first-order valence-corrected chi connectivity index (χ1v) is 6.07. The van der Waals surface area contributed by atoms with Gasteiger partial charge in [0.1, 0.15) is 6.61 Å². The van der Waals surface area contributed by atoms with Crippen LogP contribution in [0.2, 0.25) is 0 Å². The minimum atomic E-state index is -0.496. The van der Waals surface area contributed by atoms with E-state index in [4.69, 9.17) is 4.74 Å². The fourth-order valence-electron chi connectivity index (χ4n) is 1.33. The molecule has 0 saturated carbocycles. The first kappa shape index (κ1) is 14.8. The van der Waals surface area contributed by atoms with Gasteiger partial charge < -0.3 is 15.4 Å². The molecular formula is C14H18N2O3. The zero-order chi connectivity index (χ0) is 13.9. The number of carbonyl (C=O) groups is 2. The smallest absolute Gasteiger partial charge is 0.407 e. The Morgan fingerprint density at radius 1 is 1.16 bits per heavy atom. The van der Waals surface area contributed by atoms with E-state index in [0.717, 1.165) is 5.56 Å². The molecular weight excluding hydrogens is 244 g/mol. The summed E-state index contributed by atoms with van der Waals surface area (Å²) in [5.41, 5.74) is 0.930. The van der Waals surface area contributed by atoms with E-state index >= 15 is 0 Å². The van der Waals surface area contributed by atoms with Crippen molar-refractivity contribution in [1.29, 1.82) is 0 Å². The van der Waals surface area contributed by atoms with Crippen LogP contribution in [0, 0.1) is 0 Å². The Morgan fingerprint density at radius 3 is 2.53 bits per heavy atom. The third-order valence-electron chi connectivity index (χ3n) is 2.22. The Morgan fingerprint density at radius 2 is 1.84 bits per heavy atom. The van der Waals surface area contributed by atoms with Crippen LogP contribution in [-0.4, -0.2) is 25.1 Å². The molecule has 0 unspecified atom stereocenters. The second kappa shape index (κ2) is 8.74. The minimum Gasteiger partial charge on any atom is -0.445 e. The second-order valence-electron chi connectivity index (χ2n) is 3.78. The predicted octanol–water partition coefficient (Wildman–Crippen LogP) is 1.61. The lowest BCUT2D eigenvalue weighted by molar-refractivity contribution is -0.116. The van der Waals surface area contributed by atoms with Gasteiger partial charge in [-0.3, -0.25) is 4.79 Å². The molecule has 1 rings (SSSR count). The van der Waals surface area contributed by atoms with Crippen molar-refractivity contribution in [2.75, 3.05) is 13.1 Å². The highest BCUT2D eigenvalue weighted by Gasteiger charge is 2.01. The van der Waals surface area contributed by atoms with Crippen LogP contribution >= 0.6 is 0 Å². The SMILES string of the molecule is C/C=C/C(=O)NCCNC(=O)OCc1ccccc1. The summed E-state index contributed by atoms with van der Waals surface area (Å²) in [5.74, 6) is -0.179. The van der Waals surface area contributed by atoms with Crippen molar-refractivity contribution in [1.82, 2.24) is 10.6 Å². The summed E-state index contributed by atoms with van der Waals surface area (Å²) in [7, 11) is 0. The minimum absolute atomic E-state index is 0.179. The van der Waals surface area contributed by atoms with Crippen LogP contribution in [0.1, 0.15) is 12.5 Å². The van der Waals surface area contributed by atoms with Crippen molar-refractivity contribution in [3.63, 3.8) is 0 Å². The highest BCUT2D eigenvalue weighted by Crippen LogP contribution is 2.00. The molecule has 0 spiro atoms. The molecule has 0 aliphatic rings. The van der Waals surface area contributed by atoms with Crippen LogP contribution in [0.3, 0.4) is 0 Å². The van der Waals surface area contributed by atoms with Crippen LogP contribution in [0.25, 0.3) is 0 Å². The molecule has 0 aromatic heterocycles. The topological polar surface area (TPSA) is 67.4 Å². The molecule has 0 radical (unpaired) electrons. The van der Waals surface area contributed by atoms with E-state index in [2.05, 4.69) is 10.6 Å². The van der Waals surface area contributed by atoms with Crippen LogP contribution in [0.5, 0.6) is 0 Å². The summed E-state index contributed by atoms with van der Waals surface area (Å²) < 4.78 is 5.01. The van der Waals surface area contributed by atoms with E-state index in [-0.39, 0.29) is 12.5 Å². The molecule has 0 heterocycles. The third-order valence-corrected chi connectivity index (χ3v) is 2.22. The molecule has 2 N–H and O–H groups in total. The number of hydrogen-bond donors (Lipinski definition) is 2. The van der Waals surface area contributed by atoms with E-state index < -0.39 is 6.09 Å². The average Bonchev–Trinajstić information content (AvgIpc) is 2.43. The summed E-state index contributed by atoms with van der Waals surface area (Å²) in [4.78, 5) is 22.4. The molecule has 0 bridgehead atoms. The fourth-order valence-corrected chi connectivity index (χ4v) is 1.33. The number of hydrogen-bond acceptors (Lipinski definition) is 3. The molecule has 1 aromatic carbocycles. The number of alkyl carbamates (subject to hydrolysis) is 1. The third kappa shape index (κ3) is 6.88. The molecule has 1 aromatic rings. The number of benzene rings is 1.